The third kappa shape index (κ3) is 3.58. The topological polar surface area (TPSA) is 12.0 Å². The first-order chi connectivity index (χ1) is 8.69. The SMILES string of the molecule is CNC(CC1CCC1)c1cccc(CC(C)C)c1. The fourth-order valence-electron chi connectivity index (χ4n) is 2.89. The number of rotatable bonds is 6. The molecule has 1 aliphatic carbocycles. The van der Waals surface area contributed by atoms with E-state index in [1.807, 2.05) is 0 Å². The molecule has 0 spiro atoms. The molecule has 1 fully saturated rings. The van der Waals surface area contributed by atoms with Gasteiger partial charge in [0.1, 0.15) is 0 Å². The van der Waals surface area contributed by atoms with Crippen molar-refractivity contribution in [1.29, 1.82) is 0 Å². The van der Waals surface area contributed by atoms with Crippen molar-refractivity contribution in [3.8, 4) is 0 Å². The van der Waals surface area contributed by atoms with Gasteiger partial charge in [-0.15, -0.1) is 0 Å². The van der Waals surface area contributed by atoms with Crippen molar-refractivity contribution in [1.82, 2.24) is 5.32 Å². The van der Waals surface area contributed by atoms with E-state index in [0.29, 0.717) is 6.04 Å². The average molecular weight is 245 g/mol. The third-order valence-electron chi connectivity index (χ3n) is 4.14. The molecule has 1 aromatic carbocycles. The highest BCUT2D eigenvalue weighted by molar-refractivity contribution is 5.26. The van der Waals surface area contributed by atoms with Gasteiger partial charge in [0.15, 0.2) is 0 Å². The summed E-state index contributed by atoms with van der Waals surface area (Å²) in [5.41, 5.74) is 2.96. The van der Waals surface area contributed by atoms with Crippen LogP contribution in [0.5, 0.6) is 0 Å². The molecular weight excluding hydrogens is 218 g/mol. The number of hydrogen-bond donors (Lipinski definition) is 1. The van der Waals surface area contributed by atoms with Crippen molar-refractivity contribution in [3.05, 3.63) is 35.4 Å². The Kier molecular flexibility index (Phi) is 4.82. The Hall–Kier alpha value is -0.820. The second kappa shape index (κ2) is 6.38. The Bertz CT molecular complexity index is 366. The van der Waals surface area contributed by atoms with Crippen molar-refractivity contribution in [2.75, 3.05) is 7.05 Å². The van der Waals surface area contributed by atoms with Gasteiger partial charge in [-0.25, -0.2) is 0 Å². The number of hydrogen-bond acceptors (Lipinski definition) is 1. The van der Waals surface area contributed by atoms with Gasteiger partial charge in [-0.05, 0) is 42.9 Å². The zero-order chi connectivity index (χ0) is 13.0. The average Bonchev–Trinajstić information content (AvgIpc) is 2.27. The monoisotopic (exact) mass is 245 g/mol. The molecule has 1 atom stereocenters. The fourth-order valence-corrected chi connectivity index (χ4v) is 2.89. The lowest BCUT2D eigenvalue weighted by Gasteiger charge is -2.30. The molecule has 0 amide bonds. The van der Waals surface area contributed by atoms with Crippen LogP contribution in [0.4, 0.5) is 0 Å². The first-order valence-electron chi connectivity index (χ1n) is 7.45. The molecule has 0 heterocycles. The van der Waals surface area contributed by atoms with Crippen LogP contribution in [0.1, 0.15) is 56.7 Å². The Morgan fingerprint density at radius 3 is 2.61 bits per heavy atom. The van der Waals surface area contributed by atoms with E-state index in [2.05, 4.69) is 50.5 Å². The standard InChI is InChI=1S/C17H27N/c1-13(2)10-15-8-5-9-16(11-15)17(18-3)12-14-6-4-7-14/h5,8-9,11,13-14,17-18H,4,6-7,10,12H2,1-3H3. The van der Waals surface area contributed by atoms with Crippen LogP contribution in [-0.2, 0) is 6.42 Å². The number of benzene rings is 1. The molecule has 0 aliphatic heterocycles. The molecule has 0 saturated heterocycles. The molecule has 0 bridgehead atoms. The first kappa shape index (κ1) is 13.6. The zero-order valence-corrected chi connectivity index (χ0v) is 12.1. The Balaban J connectivity index is 2.04. The van der Waals surface area contributed by atoms with Crippen molar-refractivity contribution in [2.45, 2.75) is 52.0 Å². The predicted octanol–water partition coefficient (Wildman–Crippen LogP) is 4.34. The minimum absolute atomic E-state index is 0.544. The van der Waals surface area contributed by atoms with E-state index in [4.69, 9.17) is 0 Å². The first-order valence-corrected chi connectivity index (χ1v) is 7.45. The summed E-state index contributed by atoms with van der Waals surface area (Å²) in [6, 6.07) is 9.71. The van der Waals surface area contributed by atoms with E-state index in [-0.39, 0.29) is 0 Å². The van der Waals surface area contributed by atoms with E-state index < -0.39 is 0 Å². The van der Waals surface area contributed by atoms with E-state index in [1.54, 1.807) is 0 Å². The van der Waals surface area contributed by atoms with Gasteiger partial charge in [-0.1, -0.05) is 57.4 Å². The molecular formula is C17H27N. The highest BCUT2D eigenvalue weighted by Crippen LogP contribution is 2.34. The molecule has 2 rings (SSSR count). The second-order valence-corrected chi connectivity index (χ2v) is 6.22. The molecule has 1 nitrogen and oxygen atoms in total. The van der Waals surface area contributed by atoms with Crippen molar-refractivity contribution in [3.63, 3.8) is 0 Å². The zero-order valence-electron chi connectivity index (χ0n) is 12.1. The highest BCUT2D eigenvalue weighted by Gasteiger charge is 2.22. The summed E-state index contributed by atoms with van der Waals surface area (Å²) >= 11 is 0. The van der Waals surface area contributed by atoms with Gasteiger partial charge in [0.05, 0.1) is 0 Å². The van der Waals surface area contributed by atoms with Crippen LogP contribution >= 0.6 is 0 Å². The van der Waals surface area contributed by atoms with E-state index >= 15 is 0 Å². The normalized spacial score (nSPS) is 17.8. The van der Waals surface area contributed by atoms with Gasteiger partial charge in [0.25, 0.3) is 0 Å². The predicted molar refractivity (Wildman–Crippen MR) is 78.7 cm³/mol. The lowest BCUT2D eigenvalue weighted by Crippen LogP contribution is -2.23. The lowest BCUT2D eigenvalue weighted by molar-refractivity contribution is 0.265. The minimum Gasteiger partial charge on any atom is -0.313 e. The van der Waals surface area contributed by atoms with Crippen LogP contribution in [0.25, 0.3) is 0 Å². The van der Waals surface area contributed by atoms with Crippen molar-refractivity contribution < 1.29 is 0 Å². The molecule has 100 valence electrons. The summed E-state index contributed by atoms with van der Waals surface area (Å²) in [5, 5.41) is 3.50. The molecule has 1 saturated carbocycles. The van der Waals surface area contributed by atoms with Crippen LogP contribution in [0, 0.1) is 11.8 Å². The maximum absolute atomic E-state index is 3.50. The van der Waals surface area contributed by atoms with Gasteiger partial charge in [0, 0.05) is 6.04 Å². The van der Waals surface area contributed by atoms with Crippen molar-refractivity contribution >= 4 is 0 Å². The van der Waals surface area contributed by atoms with Crippen LogP contribution in [0.2, 0.25) is 0 Å². The maximum atomic E-state index is 3.50. The number of nitrogens with one attached hydrogen (secondary N) is 1. The van der Waals surface area contributed by atoms with Gasteiger partial charge >= 0.3 is 0 Å². The van der Waals surface area contributed by atoms with Gasteiger partial charge in [-0.2, -0.15) is 0 Å². The molecule has 1 heteroatoms. The highest BCUT2D eigenvalue weighted by atomic mass is 14.9. The molecule has 1 aromatic rings. The molecule has 0 radical (unpaired) electrons. The summed E-state index contributed by atoms with van der Waals surface area (Å²) in [6.07, 6.45) is 6.80. The van der Waals surface area contributed by atoms with Crippen LogP contribution < -0.4 is 5.32 Å². The van der Waals surface area contributed by atoms with Gasteiger partial charge < -0.3 is 5.32 Å². The summed E-state index contributed by atoms with van der Waals surface area (Å²) in [7, 11) is 2.10. The van der Waals surface area contributed by atoms with Crippen LogP contribution in [0.3, 0.4) is 0 Å². The van der Waals surface area contributed by atoms with E-state index in [1.165, 1.54) is 43.2 Å². The maximum Gasteiger partial charge on any atom is 0.0320 e. The second-order valence-electron chi connectivity index (χ2n) is 6.22. The largest absolute Gasteiger partial charge is 0.313 e. The van der Waals surface area contributed by atoms with E-state index in [0.717, 1.165) is 11.8 Å². The van der Waals surface area contributed by atoms with Crippen LogP contribution in [-0.4, -0.2) is 7.05 Å². The Morgan fingerprint density at radius 1 is 1.28 bits per heavy atom. The quantitative estimate of drug-likeness (QED) is 0.786. The summed E-state index contributed by atoms with van der Waals surface area (Å²) < 4.78 is 0. The lowest BCUT2D eigenvalue weighted by atomic mass is 9.79. The summed E-state index contributed by atoms with van der Waals surface area (Å²) in [5.74, 6) is 1.69. The summed E-state index contributed by atoms with van der Waals surface area (Å²) in [6.45, 7) is 4.58. The molecule has 1 unspecified atom stereocenters. The third-order valence-corrected chi connectivity index (χ3v) is 4.14. The molecule has 1 N–H and O–H groups in total. The molecule has 1 aliphatic rings. The fraction of sp³-hybridized carbons (Fsp3) is 0.647. The van der Waals surface area contributed by atoms with Crippen molar-refractivity contribution in [2.24, 2.45) is 11.8 Å². The van der Waals surface area contributed by atoms with Gasteiger partial charge in [0.2, 0.25) is 0 Å². The Labute approximate surface area is 112 Å². The smallest absolute Gasteiger partial charge is 0.0320 e. The molecule has 18 heavy (non-hydrogen) atoms. The van der Waals surface area contributed by atoms with Gasteiger partial charge in [-0.3, -0.25) is 0 Å². The minimum atomic E-state index is 0.544. The van der Waals surface area contributed by atoms with E-state index in [9.17, 15) is 0 Å². The summed E-state index contributed by atoms with van der Waals surface area (Å²) in [4.78, 5) is 0. The van der Waals surface area contributed by atoms with Crippen LogP contribution in [0.15, 0.2) is 24.3 Å². The molecule has 0 aromatic heterocycles. The Morgan fingerprint density at radius 2 is 2.06 bits per heavy atom.